The molecule has 1 atom stereocenters. The van der Waals surface area contributed by atoms with Gasteiger partial charge in [-0.05, 0) is 24.7 Å². The molecule has 1 unspecified atom stereocenters. The number of alkyl halides is 3. The van der Waals surface area contributed by atoms with E-state index < -0.39 is 11.9 Å². The van der Waals surface area contributed by atoms with Gasteiger partial charge in [-0.1, -0.05) is 6.92 Å². The fourth-order valence-electron chi connectivity index (χ4n) is 2.57. The van der Waals surface area contributed by atoms with E-state index in [1.165, 1.54) is 0 Å². The fourth-order valence-corrected chi connectivity index (χ4v) is 2.57. The Bertz CT molecular complexity index is 445. The van der Waals surface area contributed by atoms with E-state index in [1.54, 1.807) is 4.57 Å². The summed E-state index contributed by atoms with van der Waals surface area (Å²) >= 11 is 0. The van der Waals surface area contributed by atoms with E-state index in [1.807, 2.05) is 0 Å². The normalized spacial score (nSPS) is 26.2. The number of imidazole rings is 1. The van der Waals surface area contributed by atoms with Crippen LogP contribution in [0.5, 0.6) is 0 Å². The van der Waals surface area contributed by atoms with Crippen LogP contribution >= 0.6 is 0 Å². The summed E-state index contributed by atoms with van der Waals surface area (Å²) in [6.07, 6.45) is -0.152. The van der Waals surface area contributed by atoms with E-state index in [9.17, 15) is 13.2 Å². The van der Waals surface area contributed by atoms with Crippen molar-refractivity contribution in [1.82, 2.24) is 9.55 Å². The van der Waals surface area contributed by atoms with Gasteiger partial charge in [0.25, 0.3) is 0 Å². The highest BCUT2D eigenvalue weighted by Crippen LogP contribution is 2.56. The molecule has 0 spiro atoms. The number of fused-ring (bicyclic) bond motifs is 1. The molecule has 2 heterocycles. The second-order valence-corrected chi connectivity index (χ2v) is 5.24. The van der Waals surface area contributed by atoms with Gasteiger partial charge in [0.1, 0.15) is 0 Å². The molecule has 17 heavy (non-hydrogen) atoms. The van der Waals surface area contributed by atoms with Gasteiger partial charge in [0.05, 0.1) is 0 Å². The van der Waals surface area contributed by atoms with E-state index in [4.69, 9.17) is 0 Å². The molecule has 3 rings (SSSR count). The highest BCUT2D eigenvalue weighted by molar-refractivity contribution is 5.34. The highest BCUT2D eigenvalue weighted by atomic mass is 19.4. The van der Waals surface area contributed by atoms with Crippen LogP contribution in [-0.2, 0) is 6.18 Å². The number of hydrogen-bond donors (Lipinski definition) is 1. The maximum Gasteiger partial charge on any atom is 0.434 e. The molecule has 1 saturated carbocycles. The van der Waals surface area contributed by atoms with Crippen molar-refractivity contribution >= 4 is 5.95 Å². The zero-order valence-electron chi connectivity index (χ0n) is 9.51. The van der Waals surface area contributed by atoms with E-state index in [0.717, 1.165) is 25.5 Å². The molecule has 0 aromatic carbocycles. The summed E-state index contributed by atoms with van der Waals surface area (Å²) < 4.78 is 39.5. The van der Waals surface area contributed by atoms with Gasteiger partial charge >= 0.3 is 6.18 Å². The number of halogens is 3. The molecule has 3 nitrogen and oxygen atoms in total. The fraction of sp³-hybridized carbons (Fsp3) is 0.727. The van der Waals surface area contributed by atoms with Crippen LogP contribution in [0.3, 0.4) is 0 Å². The zero-order chi connectivity index (χ0) is 12.3. The first-order valence-corrected chi connectivity index (χ1v) is 5.80. The third-order valence-electron chi connectivity index (χ3n) is 3.90. The standard InChI is InChI=1S/C11H14F3N3/c1-10(3-4-10)8-2-5-15-9-16-7(6-17(8)9)11(12,13)14/h6,8H,2-5H2,1H3,(H,15,16). The Morgan fingerprint density at radius 1 is 1.47 bits per heavy atom. The summed E-state index contributed by atoms with van der Waals surface area (Å²) in [7, 11) is 0. The van der Waals surface area contributed by atoms with Crippen LogP contribution in [0.4, 0.5) is 19.1 Å². The Morgan fingerprint density at radius 3 is 2.76 bits per heavy atom. The van der Waals surface area contributed by atoms with Crippen molar-refractivity contribution in [3.8, 4) is 0 Å². The SMILES string of the molecule is CC1(C2CCNc3nc(C(F)(F)F)cn32)CC1. The average Bonchev–Trinajstić information content (AvgIpc) is 2.83. The molecule has 1 N–H and O–H groups in total. The largest absolute Gasteiger partial charge is 0.434 e. The van der Waals surface area contributed by atoms with Crippen molar-refractivity contribution in [2.45, 2.75) is 38.4 Å². The first-order valence-electron chi connectivity index (χ1n) is 5.80. The van der Waals surface area contributed by atoms with Gasteiger partial charge in [0.15, 0.2) is 5.69 Å². The van der Waals surface area contributed by atoms with Crippen LogP contribution in [0.1, 0.15) is 37.9 Å². The summed E-state index contributed by atoms with van der Waals surface area (Å²) in [4.78, 5) is 3.64. The minimum absolute atomic E-state index is 0.155. The van der Waals surface area contributed by atoms with Crippen LogP contribution in [0.15, 0.2) is 6.20 Å². The molecule has 6 heteroatoms. The molecule has 1 aromatic rings. The summed E-state index contributed by atoms with van der Waals surface area (Å²) in [6.45, 7) is 2.84. The van der Waals surface area contributed by atoms with Gasteiger partial charge in [0.2, 0.25) is 5.95 Å². The second-order valence-electron chi connectivity index (χ2n) is 5.24. The topological polar surface area (TPSA) is 29.9 Å². The summed E-state index contributed by atoms with van der Waals surface area (Å²) in [5.74, 6) is 0.363. The number of nitrogens with one attached hydrogen (secondary N) is 1. The summed E-state index contributed by atoms with van der Waals surface area (Å²) in [6, 6.07) is 0.155. The monoisotopic (exact) mass is 245 g/mol. The number of hydrogen-bond acceptors (Lipinski definition) is 2. The molecular weight excluding hydrogens is 231 g/mol. The smallest absolute Gasteiger partial charge is 0.356 e. The lowest BCUT2D eigenvalue weighted by atomic mass is 9.94. The highest BCUT2D eigenvalue weighted by Gasteiger charge is 2.48. The third kappa shape index (κ3) is 1.70. The lowest BCUT2D eigenvalue weighted by Gasteiger charge is -2.30. The maximum absolute atomic E-state index is 12.6. The Balaban J connectivity index is 2.00. The van der Waals surface area contributed by atoms with E-state index >= 15 is 0 Å². The minimum atomic E-state index is -4.36. The lowest BCUT2D eigenvalue weighted by Crippen LogP contribution is -2.27. The molecule has 1 fully saturated rings. The molecule has 0 bridgehead atoms. The van der Waals surface area contributed by atoms with E-state index in [0.29, 0.717) is 12.5 Å². The molecule has 94 valence electrons. The molecule has 1 aliphatic heterocycles. The molecule has 0 amide bonds. The first kappa shape index (κ1) is 10.9. The molecule has 1 aliphatic carbocycles. The molecule has 1 aromatic heterocycles. The molecule has 2 aliphatic rings. The summed E-state index contributed by atoms with van der Waals surface area (Å²) in [5.41, 5.74) is -0.628. The average molecular weight is 245 g/mol. The molecular formula is C11H14F3N3. The van der Waals surface area contributed by atoms with Gasteiger partial charge in [-0.15, -0.1) is 0 Å². The first-order chi connectivity index (χ1) is 7.90. The number of aromatic nitrogens is 2. The number of nitrogens with zero attached hydrogens (tertiary/aromatic N) is 2. The Morgan fingerprint density at radius 2 is 2.18 bits per heavy atom. The van der Waals surface area contributed by atoms with Crippen LogP contribution in [0, 0.1) is 5.41 Å². The Kier molecular flexibility index (Phi) is 2.04. The quantitative estimate of drug-likeness (QED) is 0.824. The summed E-state index contributed by atoms with van der Waals surface area (Å²) in [5, 5.41) is 2.94. The van der Waals surface area contributed by atoms with Crippen molar-refractivity contribution in [3.05, 3.63) is 11.9 Å². The van der Waals surface area contributed by atoms with Crippen LogP contribution in [-0.4, -0.2) is 16.1 Å². The van der Waals surface area contributed by atoms with Gasteiger partial charge in [-0.25, -0.2) is 4.98 Å². The van der Waals surface area contributed by atoms with Crippen LogP contribution in [0.25, 0.3) is 0 Å². The van der Waals surface area contributed by atoms with E-state index in [-0.39, 0.29) is 11.5 Å². The van der Waals surface area contributed by atoms with Gasteiger partial charge in [0, 0.05) is 18.8 Å². The minimum Gasteiger partial charge on any atom is -0.356 e. The Labute approximate surface area is 97.0 Å². The van der Waals surface area contributed by atoms with Crippen molar-refractivity contribution in [3.63, 3.8) is 0 Å². The van der Waals surface area contributed by atoms with Crippen molar-refractivity contribution < 1.29 is 13.2 Å². The molecule has 0 saturated heterocycles. The van der Waals surface area contributed by atoms with Crippen LogP contribution < -0.4 is 5.32 Å². The van der Waals surface area contributed by atoms with E-state index in [2.05, 4.69) is 17.2 Å². The van der Waals surface area contributed by atoms with Crippen LogP contribution in [0.2, 0.25) is 0 Å². The second kappa shape index (κ2) is 3.17. The maximum atomic E-state index is 12.6. The van der Waals surface area contributed by atoms with Gasteiger partial charge in [-0.3, -0.25) is 0 Å². The zero-order valence-corrected chi connectivity index (χ0v) is 9.51. The molecule has 0 radical (unpaired) electrons. The number of rotatable bonds is 1. The predicted molar refractivity (Wildman–Crippen MR) is 56.7 cm³/mol. The third-order valence-corrected chi connectivity index (χ3v) is 3.90. The van der Waals surface area contributed by atoms with Crippen molar-refractivity contribution in [2.75, 3.05) is 11.9 Å². The van der Waals surface area contributed by atoms with Crippen molar-refractivity contribution in [2.24, 2.45) is 5.41 Å². The van der Waals surface area contributed by atoms with Gasteiger partial charge in [-0.2, -0.15) is 13.2 Å². The van der Waals surface area contributed by atoms with Gasteiger partial charge < -0.3 is 9.88 Å². The predicted octanol–water partition coefficient (Wildman–Crippen LogP) is 3.06. The van der Waals surface area contributed by atoms with Crippen molar-refractivity contribution in [1.29, 1.82) is 0 Å². The Hall–Kier alpha value is -1.20. The lowest BCUT2D eigenvalue weighted by molar-refractivity contribution is -0.140. The number of anilines is 1.